The number of allylic oxidation sites excluding steroid dienone is 1. The number of ether oxygens (including phenoxy) is 1. The van der Waals surface area contributed by atoms with Crippen LogP contribution in [0.5, 0.6) is 0 Å². The molecule has 0 atom stereocenters. The minimum absolute atomic E-state index is 0.0990. The quantitative estimate of drug-likeness (QED) is 0.230. The standard InChI is InChI=1S/C29H25Cl2N3O6/c1-15-9-16(2)11-19(10-15)34-17(3)25(29(38)39-4)22(28(34)37)13-20-6-7-21(40-20)14-32-26(35)27(36)33-18-5-8-23(30)24(31)12-18/h5-13H,14H2,1-4H3,(H,32,35)(H,33,36)/b22-13+. The third-order valence-electron chi connectivity index (χ3n) is 6.03. The van der Waals surface area contributed by atoms with Crippen molar-refractivity contribution < 1.29 is 28.3 Å². The molecule has 11 heteroatoms. The van der Waals surface area contributed by atoms with Gasteiger partial charge in [0.15, 0.2) is 0 Å². The first kappa shape index (κ1) is 28.7. The van der Waals surface area contributed by atoms with Gasteiger partial charge in [0, 0.05) is 17.1 Å². The normalized spacial score (nSPS) is 14.1. The summed E-state index contributed by atoms with van der Waals surface area (Å²) in [5.74, 6) is -2.28. The van der Waals surface area contributed by atoms with Gasteiger partial charge in [-0.25, -0.2) is 4.79 Å². The zero-order valence-corrected chi connectivity index (χ0v) is 23.6. The number of halogens is 2. The Morgan fingerprint density at radius 3 is 2.30 bits per heavy atom. The van der Waals surface area contributed by atoms with E-state index in [0.717, 1.165) is 11.1 Å². The third kappa shape index (κ3) is 6.11. The highest BCUT2D eigenvalue weighted by molar-refractivity contribution is 6.43. The molecule has 0 saturated heterocycles. The molecule has 0 fully saturated rings. The molecule has 0 saturated carbocycles. The minimum Gasteiger partial charge on any atom is -0.465 e. The van der Waals surface area contributed by atoms with Crippen LogP contribution in [0, 0.1) is 13.8 Å². The summed E-state index contributed by atoms with van der Waals surface area (Å²) in [4.78, 5) is 52.1. The van der Waals surface area contributed by atoms with Gasteiger partial charge in [-0.3, -0.25) is 19.3 Å². The molecule has 0 bridgehead atoms. The average Bonchev–Trinajstić information content (AvgIpc) is 3.45. The number of hydrogen-bond donors (Lipinski definition) is 2. The van der Waals surface area contributed by atoms with Crippen molar-refractivity contribution in [1.29, 1.82) is 0 Å². The van der Waals surface area contributed by atoms with Crippen molar-refractivity contribution in [3.8, 4) is 0 Å². The van der Waals surface area contributed by atoms with E-state index in [-0.39, 0.29) is 28.5 Å². The maximum absolute atomic E-state index is 13.5. The van der Waals surface area contributed by atoms with Crippen LogP contribution in [0.3, 0.4) is 0 Å². The summed E-state index contributed by atoms with van der Waals surface area (Å²) in [5.41, 5.74) is 3.53. The molecule has 206 valence electrons. The van der Waals surface area contributed by atoms with E-state index < -0.39 is 23.7 Å². The molecular weight excluding hydrogens is 557 g/mol. The van der Waals surface area contributed by atoms with Gasteiger partial charge in [0.25, 0.3) is 5.91 Å². The number of furan rings is 1. The molecule has 4 rings (SSSR count). The van der Waals surface area contributed by atoms with Crippen LogP contribution < -0.4 is 15.5 Å². The Bertz CT molecular complexity index is 1580. The largest absolute Gasteiger partial charge is 0.465 e. The topological polar surface area (TPSA) is 118 Å². The number of amides is 3. The van der Waals surface area contributed by atoms with Crippen LogP contribution in [0.15, 0.2) is 69.8 Å². The lowest BCUT2D eigenvalue weighted by Crippen LogP contribution is -2.34. The van der Waals surface area contributed by atoms with Gasteiger partial charge in [0.2, 0.25) is 0 Å². The SMILES string of the molecule is COC(=O)C1=C(C)N(c2cc(C)cc(C)c2)C(=O)/C1=C/c1ccc(CNC(=O)C(=O)Nc2ccc(Cl)c(Cl)c2)o1. The Kier molecular flexibility index (Phi) is 8.46. The van der Waals surface area contributed by atoms with E-state index in [4.69, 9.17) is 32.4 Å². The van der Waals surface area contributed by atoms with E-state index in [1.165, 1.54) is 36.3 Å². The lowest BCUT2D eigenvalue weighted by atomic mass is 10.1. The maximum atomic E-state index is 13.5. The van der Waals surface area contributed by atoms with Gasteiger partial charge in [0.1, 0.15) is 11.5 Å². The number of nitrogens with zero attached hydrogens (tertiary/aromatic N) is 1. The fourth-order valence-electron chi connectivity index (χ4n) is 4.29. The number of nitrogens with one attached hydrogen (secondary N) is 2. The van der Waals surface area contributed by atoms with Crippen LogP contribution >= 0.6 is 23.2 Å². The van der Waals surface area contributed by atoms with Crippen LogP contribution in [0.4, 0.5) is 11.4 Å². The van der Waals surface area contributed by atoms with Crippen molar-refractivity contribution in [3.05, 3.63) is 98.1 Å². The van der Waals surface area contributed by atoms with Crippen molar-refractivity contribution in [3.63, 3.8) is 0 Å². The van der Waals surface area contributed by atoms with Gasteiger partial charge in [0.05, 0.1) is 34.8 Å². The third-order valence-corrected chi connectivity index (χ3v) is 6.77. The molecule has 40 heavy (non-hydrogen) atoms. The van der Waals surface area contributed by atoms with Crippen molar-refractivity contribution in [2.45, 2.75) is 27.3 Å². The van der Waals surface area contributed by atoms with Gasteiger partial charge < -0.3 is 19.8 Å². The molecule has 1 aromatic heterocycles. The number of rotatable bonds is 6. The van der Waals surface area contributed by atoms with Crippen molar-refractivity contribution in [1.82, 2.24) is 5.32 Å². The van der Waals surface area contributed by atoms with Crippen molar-refractivity contribution >= 4 is 64.3 Å². The van der Waals surface area contributed by atoms with Crippen LogP contribution in [-0.2, 0) is 30.5 Å². The van der Waals surface area contributed by atoms with Crippen LogP contribution in [0.2, 0.25) is 10.0 Å². The number of methoxy groups -OCH3 is 1. The number of carbonyl (C=O) groups is 4. The summed E-state index contributed by atoms with van der Waals surface area (Å²) in [6.07, 6.45) is 1.45. The number of benzene rings is 2. The van der Waals surface area contributed by atoms with E-state index in [0.29, 0.717) is 27.9 Å². The number of aryl methyl sites for hydroxylation is 2. The minimum atomic E-state index is -0.904. The summed E-state index contributed by atoms with van der Waals surface area (Å²) in [5, 5.41) is 5.43. The van der Waals surface area contributed by atoms with E-state index in [9.17, 15) is 19.2 Å². The van der Waals surface area contributed by atoms with Crippen molar-refractivity contribution in [2.75, 3.05) is 17.3 Å². The molecule has 0 unspecified atom stereocenters. The fourth-order valence-corrected chi connectivity index (χ4v) is 4.59. The van der Waals surface area contributed by atoms with Gasteiger partial charge >= 0.3 is 17.8 Å². The zero-order chi connectivity index (χ0) is 29.1. The monoisotopic (exact) mass is 581 g/mol. The second kappa shape index (κ2) is 11.8. The Hall–Kier alpha value is -4.34. The number of esters is 1. The molecule has 0 aliphatic carbocycles. The lowest BCUT2D eigenvalue weighted by molar-refractivity contribution is -0.136. The molecule has 2 N–H and O–H groups in total. The van der Waals surface area contributed by atoms with Gasteiger partial charge in [-0.15, -0.1) is 0 Å². The number of carbonyl (C=O) groups excluding carboxylic acids is 4. The molecule has 1 aliphatic heterocycles. The first-order valence-corrected chi connectivity index (χ1v) is 12.8. The highest BCUT2D eigenvalue weighted by Gasteiger charge is 2.38. The van der Waals surface area contributed by atoms with Crippen LogP contribution in [0.25, 0.3) is 6.08 Å². The second-order valence-corrected chi connectivity index (χ2v) is 9.88. The molecule has 2 heterocycles. The van der Waals surface area contributed by atoms with Crippen LogP contribution in [0.1, 0.15) is 29.6 Å². The first-order valence-electron chi connectivity index (χ1n) is 12.1. The smallest absolute Gasteiger partial charge is 0.340 e. The Labute approximate surface area is 240 Å². The Balaban J connectivity index is 1.50. The van der Waals surface area contributed by atoms with Gasteiger partial charge in [-0.05, 0) is 80.4 Å². The summed E-state index contributed by atoms with van der Waals surface area (Å²) in [6.45, 7) is 5.43. The molecule has 1 aliphatic rings. The Morgan fingerprint density at radius 2 is 1.65 bits per heavy atom. The summed E-state index contributed by atoms with van der Waals surface area (Å²) >= 11 is 11.8. The molecule has 3 aromatic rings. The average molecular weight is 582 g/mol. The summed E-state index contributed by atoms with van der Waals surface area (Å²) in [6, 6.07) is 13.3. The summed E-state index contributed by atoms with van der Waals surface area (Å²) < 4.78 is 10.7. The molecular formula is C29H25Cl2N3O6. The van der Waals surface area contributed by atoms with E-state index in [2.05, 4.69) is 10.6 Å². The molecule has 0 radical (unpaired) electrons. The van der Waals surface area contributed by atoms with Crippen molar-refractivity contribution in [2.24, 2.45) is 0 Å². The predicted octanol–water partition coefficient (Wildman–Crippen LogP) is 5.34. The maximum Gasteiger partial charge on any atom is 0.340 e. The molecule has 2 aromatic carbocycles. The lowest BCUT2D eigenvalue weighted by Gasteiger charge is -2.19. The van der Waals surface area contributed by atoms with Crippen LogP contribution in [-0.4, -0.2) is 30.8 Å². The first-order chi connectivity index (χ1) is 19.0. The number of anilines is 2. The molecule has 9 nitrogen and oxygen atoms in total. The number of hydrogen-bond acceptors (Lipinski definition) is 6. The molecule has 3 amide bonds. The highest BCUT2D eigenvalue weighted by Crippen LogP contribution is 2.36. The predicted molar refractivity (Wildman–Crippen MR) is 152 cm³/mol. The van der Waals surface area contributed by atoms with E-state index in [1.807, 2.05) is 32.0 Å². The fraction of sp³-hybridized carbons (Fsp3) is 0.172. The van der Waals surface area contributed by atoms with Gasteiger partial charge in [-0.2, -0.15) is 0 Å². The van der Waals surface area contributed by atoms with E-state index >= 15 is 0 Å². The zero-order valence-electron chi connectivity index (χ0n) is 22.1. The second-order valence-electron chi connectivity index (χ2n) is 9.07. The van der Waals surface area contributed by atoms with E-state index in [1.54, 1.807) is 19.1 Å². The highest BCUT2D eigenvalue weighted by atomic mass is 35.5. The Morgan fingerprint density at radius 1 is 0.950 bits per heavy atom. The van der Waals surface area contributed by atoms with Gasteiger partial charge in [-0.1, -0.05) is 29.3 Å². The summed E-state index contributed by atoms with van der Waals surface area (Å²) in [7, 11) is 1.25. The molecule has 0 spiro atoms.